The number of hydrogen-bond donors (Lipinski definition) is 1. The number of amides is 1. The fourth-order valence-electron chi connectivity index (χ4n) is 4.30. The van der Waals surface area contributed by atoms with Crippen molar-refractivity contribution in [2.45, 2.75) is 39.2 Å². The molecule has 0 saturated heterocycles. The maximum Gasteiger partial charge on any atom is 0.251 e. The number of ether oxygens (including phenoxy) is 3. The van der Waals surface area contributed by atoms with Crippen LogP contribution in [0.15, 0.2) is 66.7 Å². The zero-order valence-electron chi connectivity index (χ0n) is 22.0. The van der Waals surface area contributed by atoms with E-state index in [2.05, 4.69) is 41.9 Å². The van der Waals surface area contributed by atoms with E-state index in [9.17, 15) is 4.79 Å². The molecule has 4 aromatic rings. The minimum Gasteiger partial charge on any atom is -0.493 e. The Bertz CT molecular complexity index is 1330. The Morgan fingerprint density at radius 2 is 1.73 bits per heavy atom. The van der Waals surface area contributed by atoms with Gasteiger partial charge < -0.3 is 24.1 Å². The highest BCUT2D eigenvalue weighted by atomic mass is 16.5. The molecule has 0 unspecified atom stereocenters. The Balaban J connectivity index is 1.35. The molecule has 4 rings (SSSR count). The van der Waals surface area contributed by atoms with Crippen LogP contribution in [-0.4, -0.2) is 42.8 Å². The first-order chi connectivity index (χ1) is 18.0. The van der Waals surface area contributed by atoms with Crippen molar-refractivity contribution in [2.24, 2.45) is 0 Å². The molecule has 7 heteroatoms. The van der Waals surface area contributed by atoms with Gasteiger partial charge in [-0.3, -0.25) is 4.79 Å². The van der Waals surface area contributed by atoms with Crippen LogP contribution in [0.25, 0.3) is 11.0 Å². The van der Waals surface area contributed by atoms with Crippen LogP contribution >= 0.6 is 0 Å². The monoisotopic (exact) mass is 501 g/mol. The molecule has 1 heterocycles. The van der Waals surface area contributed by atoms with Gasteiger partial charge in [-0.15, -0.1) is 0 Å². The molecule has 37 heavy (non-hydrogen) atoms. The molecule has 7 nitrogen and oxygen atoms in total. The standard InChI is InChI=1S/C30H35N3O4/c1-21(2)22-11-14-24(15-12-22)37-19-18-33-26-9-6-5-8-25(26)32-29(33)10-7-17-31-30(34)23-13-16-27(35-3)28(20-23)36-4/h5-6,8-9,11-16,20-21H,7,10,17-19H2,1-4H3,(H,31,34). The van der Waals surface area contributed by atoms with E-state index < -0.39 is 0 Å². The maximum absolute atomic E-state index is 12.6. The Kier molecular flexibility index (Phi) is 8.67. The molecule has 1 N–H and O–H groups in total. The average Bonchev–Trinajstić information content (AvgIpc) is 3.28. The Labute approximate surface area is 218 Å². The summed E-state index contributed by atoms with van der Waals surface area (Å²) >= 11 is 0. The Morgan fingerprint density at radius 3 is 2.46 bits per heavy atom. The van der Waals surface area contributed by atoms with Gasteiger partial charge in [0.15, 0.2) is 11.5 Å². The van der Waals surface area contributed by atoms with Crippen LogP contribution in [0.2, 0.25) is 0 Å². The van der Waals surface area contributed by atoms with Crippen LogP contribution in [0, 0.1) is 0 Å². The molecule has 194 valence electrons. The predicted molar refractivity (Wildman–Crippen MR) is 146 cm³/mol. The molecule has 0 atom stereocenters. The molecule has 1 amide bonds. The van der Waals surface area contributed by atoms with Crippen LogP contribution in [0.5, 0.6) is 17.2 Å². The summed E-state index contributed by atoms with van der Waals surface area (Å²) < 4.78 is 18.8. The van der Waals surface area contributed by atoms with Gasteiger partial charge in [0.25, 0.3) is 5.91 Å². The lowest BCUT2D eigenvalue weighted by Crippen LogP contribution is -2.25. The van der Waals surface area contributed by atoms with Crippen molar-refractivity contribution in [1.82, 2.24) is 14.9 Å². The number of hydrogen-bond acceptors (Lipinski definition) is 5. The Hall–Kier alpha value is -4.00. The fourth-order valence-corrected chi connectivity index (χ4v) is 4.30. The third-order valence-electron chi connectivity index (χ3n) is 6.37. The van der Waals surface area contributed by atoms with E-state index in [0.29, 0.717) is 42.7 Å². The summed E-state index contributed by atoms with van der Waals surface area (Å²) in [4.78, 5) is 17.5. The van der Waals surface area contributed by atoms with Gasteiger partial charge in [-0.25, -0.2) is 4.98 Å². The summed E-state index contributed by atoms with van der Waals surface area (Å²) in [5.41, 5.74) is 3.88. The topological polar surface area (TPSA) is 74.6 Å². The van der Waals surface area contributed by atoms with Crippen LogP contribution in [0.4, 0.5) is 0 Å². The quantitative estimate of drug-likeness (QED) is 0.255. The van der Waals surface area contributed by atoms with Crippen molar-refractivity contribution in [3.8, 4) is 17.2 Å². The number of para-hydroxylation sites is 2. The smallest absolute Gasteiger partial charge is 0.251 e. The van der Waals surface area contributed by atoms with E-state index in [0.717, 1.165) is 35.4 Å². The number of aromatic nitrogens is 2. The number of carbonyl (C=O) groups excluding carboxylic acids is 1. The first-order valence-corrected chi connectivity index (χ1v) is 12.7. The van der Waals surface area contributed by atoms with Gasteiger partial charge in [-0.2, -0.15) is 0 Å². The number of nitrogens with one attached hydrogen (secondary N) is 1. The second kappa shape index (κ2) is 12.3. The second-order valence-corrected chi connectivity index (χ2v) is 9.17. The molecule has 0 radical (unpaired) electrons. The molecular weight excluding hydrogens is 466 g/mol. The zero-order valence-corrected chi connectivity index (χ0v) is 22.0. The van der Waals surface area contributed by atoms with Gasteiger partial charge in [-0.05, 0) is 60.4 Å². The minimum absolute atomic E-state index is 0.147. The molecule has 0 spiro atoms. The fraction of sp³-hybridized carbons (Fsp3) is 0.333. The third-order valence-corrected chi connectivity index (χ3v) is 6.37. The first-order valence-electron chi connectivity index (χ1n) is 12.7. The molecular formula is C30H35N3O4. The van der Waals surface area contributed by atoms with E-state index in [-0.39, 0.29) is 5.91 Å². The van der Waals surface area contributed by atoms with Crippen molar-refractivity contribution in [2.75, 3.05) is 27.4 Å². The highest BCUT2D eigenvalue weighted by Crippen LogP contribution is 2.27. The summed E-state index contributed by atoms with van der Waals surface area (Å²) in [6.45, 7) is 6.14. The second-order valence-electron chi connectivity index (χ2n) is 9.17. The summed E-state index contributed by atoms with van der Waals surface area (Å²) in [7, 11) is 3.13. The SMILES string of the molecule is COc1ccc(C(=O)NCCCc2nc3ccccc3n2CCOc2ccc(C(C)C)cc2)cc1OC. The maximum atomic E-state index is 12.6. The van der Waals surface area contributed by atoms with E-state index in [4.69, 9.17) is 19.2 Å². The lowest BCUT2D eigenvalue weighted by Gasteiger charge is -2.12. The number of rotatable bonds is 12. The van der Waals surface area contributed by atoms with Crippen LogP contribution in [-0.2, 0) is 13.0 Å². The van der Waals surface area contributed by atoms with Gasteiger partial charge >= 0.3 is 0 Å². The molecule has 0 fully saturated rings. The largest absolute Gasteiger partial charge is 0.493 e. The highest BCUT2D eigenvalue weighted by Gasteiger charge is 2.13. The van der Waals surface area contributed by atoms with Crippen molar-refractivity contribution in [3.63, 3.8) is 0 Å². The van der Waals surface area contributed by atoms with Crippen molar-refractivity contribution in [1.29, 1.82) is 0 Å². The molecule has 0 saturated carbocycles. The molecule has 1 aromatic heterocycles. The molecule has 0 bridgehead atoms. The summed E-state index contributed by atoms with van der Waals surface area (Å²) in [5, 5.41) is 2.99. The summed E-state index contributed by atoms with van der Waals surface area (Å²) in [6.07, 6.45) is 1.50. The van der Waals surface area contributed by atoms with Gasteiger partial charge in [0.2, 0.25) is 0 Å². The van der Waals surface area contributed by atoms with E-state index in [1.807, 2.05) is 30.3 Å². The predicted octanol–water partition coefficient (Wildman–Crippen LogP) is 5.62. The van der Waals surface area contributed by atoms with Crippen molar-refractivity contribution < 1.29 is 19.0 Å². The average molecular weight is 502 g/mol. The molecule has 3 aromatic carbocycles. The number of fused-ring (bicyclic) bond motifs is 1. The Morgan fingerprint density at radius 1 is 0.973 bits per heavy atom. The molecule has 0 aliphatic carbocycles. The van der Waals surface area contributed by atoms with Gasteiger partial charge in [0.1, 0.15) is 18.2 Å². The van der Waals surface area contributed by atoms with Crippen molar-refractivity contribution in [3.05, 3.63) is 83.7 Å². The zero-order chi connectivity index (χ0) is 26.2. The van der Waals surface area contributed by atoms with E-state index in [1.54, 1.807) is 32.4 Å². The van der Waals surface area contributed by atoms with Crippen molar-refractivity contribution >= 4 is 16.9 Å². The van der Waals surface area contributed by atoms with Gasteiger partial charge in [0, 0.05) is 18.5 Å². The highest BCUT2D eigenvalue weighted by molar-refractivity contribution is 5.94. The molecule has 0 aliphatic rings. The lowest BCUT2D eigenvalue weighted by molar-refractivity contribution is 0.0952. The van der Waals surface area contributed by atoms with Gasteiger partial charge in [0.05, 0.1) is 31.8 Å². The number of carbonyl (C=O) groups is 1. The summed E-state index contributed by atoms with van der Waals surface area (Å²) in [5.74, 6) is 3.33. The number of benzene rings is 3. The first kappa shape index (κ1) is 26.1. The van der Waals surface area contributed by atoms with E-state index >= 15 is 0 Å². The van der Waals surface area contributed by atoms with Crippen LogP contribution in [0.3, 0.4) is 0 Å². The lowest BCUT2D eigenvalue weighted by atomic mass is 10.0. The number of imidazole rings is 1. The molecule has 0 aliphatic heterocycles. The van der Waals surface area contributed by atoms with Crippen LogP contribution < -0.4 is 19.5 Å². The van der Waals surface area contributed by atoms with E-state index in [1.165, 1.54) is 5.56 Å². The third kappa shape index (κ3) is 6.42. The number of aryl methyl sites for hydroxylation is 1. The normalized spacial score (nSPS) is 11.1. The number of nitrogens with zero attached hydrogens (tertiary/aromatic N) is 2. The number of methoxy groups -OCH3 is 2. The van der Waals surface area contributed by atoms with Crippen LogP contribution in [0.1, 0.15) is 47.9 Å². The summed E-state index contributed by atoms with van der Waals surface area (Å²) in [6, 6.07) is 21.6. The minimum atomic E-state index is -0.147. The van der Waals surface area contributed by atoms with Gasteiger partial charge in [-0.1, -0.05) is 38.1 Å².